The lowest BCUT2D eigenvalue weighted by molar-refractivity contribution is 0.0953. The van der Waals surface area contributed by atoms with Gasteiger partial charge in [-0.3, -0.25) is 13.9 Å². The van der Waals surface area contributed by atoms with E-state index in [1.54, 1.807) is 24.3 Å². The van der Waals surface area contributed by atoms with Gasteiger partial charge in [-0.1, -0.05) is 29.8 Å². The second kappa shape index (κ2) is 8.75. The number of carbonyl (C=O) groups is 1. The average molecular weight is 456 g/mol. The van der Waals surface area contributed by atoms with Gasteiger partial charge < -0.3 is 5.32 Å². The van der Waals surface area contributed by atoms with Gasteiger partial charge in [0.1, 0.15) is 5.82 Å². The van der Waals surface area contributed by atoms with Gasteiger partial charge >= 0.3 is 0 Å². The van der Waals surface area contributed by atoms with E-state index >= 15 is 0 Å². The third-order valence-corrected chi connectivity index (χ3v) is 6.12. The minimum absolute atomic E-state index is 0.0245. The van der Waals surface area contributed by atoms with E-state index in [1.165, 1.54) is 24.3 Å². The average Bonchev–Trinajstić information content (AvgIpc) is 3.17. The van der Waals surface area contributed by atoms with Crippen LogP contribution < -0.4 is 10.0 Å². The number of aromatic nitrogens is 3. The van der Waals surface area contributed by atoms with Crippen molar-refractivity contribution >= 4 is 38.9 Å². The lowest BCUT2D eigenvalue weighted by Gasteiger charge is -2.10. The number of carbonyl (C=O) groups excluding carboxylic acids is 1. The van der Waals surface area contributed by atoms with Gasteiger partial charge in [-0.2, -0.15) is 0 Å². The summed E-state index contributed by atoms with van der Waals surface area (Å²) in [6, 6.07) is 17.8. The molecule has 2 N–H and O–H groups in total. The Kier molecular flexibility index (Phi) is 5.88. The fourth-order valence-corrected chi connectivity index (χ4v) is 4.31. The summed E-state index contributed by atoms with van der Waals surface area (Å²) in [4.78, 5) is 12.5. The molecule has 10 heteroatoms. The van der Waals surface area contributed by atoms with Crippen LogP contribution in [0.4, 0.5) is 5.69 Å². The van der Waals surface area contributed by atoms with Gasteiger partial charge in [-0.25, -0.2) is 8.42 Å². The summed E-state index contributed by atoms with van der Waals surface area (Å²) in [5.74, 6) is 0.339. The number of rotatable bonds is 7. The molecule has 4 rings (SSSR count). The van der Waals surface area contributed by atoms with Crippen molar-refractivity contribution in [2.45, 2.75) is 11.3 Å². The molecule has 1 amide bonds. The van der Waals surface area contributed by atoms with Crippen LogP contribution in [0.3, 0.4) is 0 Å². The zero-order valence-electron chi connectivity index (χ0n) is 16.2. The molecular formula is C21H18ClN5O3S. The van der Waals surface area contributed by atoms with Crippen molar-refractivity contribution in [1.29, 1.82) is 0 Å². The molecule has 4 aromatic rings. The monoisotopic (exact) mass is 455 g/mol. The number of sulfonamides is 1. The summed E-state index contributed by atoms with van der Waals surface area (Å²) >= 11 is 5.91. The molecule has 31 heavy (non-hydrogen) atoms. The van der Waals surface area contributed by atoms with Crippen LogP contribution in [0.2, 0.25) is 5.02 Å². The molecule has 0 spiro atoms. The van der Waals surface area contributed by atoms with Crippen LogP contribution in [-0.2, 0) is 16.4 Å². The molecule has 0 aliphatic carbocycles. The van der Waals surface area contributed by atoms with Crippen molar-refractivity contribution in [2.75, 3.05) is 11.3 Å². The van der Waals surface area contributed by atoms with Gasteiger partial charge in [-0.05, 0) is 48.5 Å². The second-order valence-electron chi connectivity index (χ2n) is 6.69. The van der Waals surface area contributed by atoms with Crippen molar-refractivity contribution in [3.63, 3.8) is 0 Å². The van der Waals surface area contributed by atoms with Gasteiger partial charge in [0, 0.05) is 29.7 Å². The van der Waals surface area contributed by atoms with Gasteiger partial charge in [0.15, 0.2) is 5.65 Å². The summed E-state index contributed by atoms with van der Waals surface area (Å²) in [6.45, 7) is 0.326. The van der Waals surface area contributed by atoms with E-state index in [9.17, 15) is 13.2 Å². The summed E-state index contributed by atoms with van der Waals surface area (Å²) in [5.41, 5.74) is 1.30. The SMILES string of the molecule is O=C(NCCc1nnc2ccccn12)c1cccc(S(=O)(=O)Nc2cccc(Cl)c2)c1. The zero-order valence-corrected chi connectivity index (χ0v) is 17.8. The van der Waals surface area contributed by atoms with E-state index in [-0.39, 0.29) is 16.4 Å². The van der Waals surface area contributed by atoms with Crippen LogP contribution in [0.5, 0.6) is 0 Å². The molecule has 158 valence electrons. The number of nitrogens with zero attached hydrogens (tertiary/aromatic N) is 3. The topological polar surface area (TPSA) is 105 Å². The Morgan fingerprint density at radius 2 is 1.84 bits per heavy atom. The van der Waals surface area contributed by atoms with Crippen molar-refractivity contribution in [3.05, 3.63) is 89.3 Å². The van der Waals surface area contributed by atoms with Crippen LogP contribution in [-0.4, -0.2) is 35.5 Å². The Hall–Kier alpha value is -3.43. The standard InChI is InChI=1S/C21H18ClN5O3S/c22-16-6-4-7-17(14-16)26-31(29,30)18-8-3-5-15(13-18)21(28)23-11-10-20-25-24-19-9-1-2-12-27(19)20/h1-9,12-14,26H,10-11H2,(H,23,28). The van der Waals surface area contributed by atoms with E-state index in [2.05, 4.69) is 20.2 Å². The number of halogens is 1. The molecule has 0 saturated carbocycles. The maximum absolute atomic E-state index is 12.7. The molecule has 2 aromatic heterocycles. The minimum Gasteiger partial charge on any atom is -0.352 e. The van der Waals surface area contributed by atoms with E-state index in [0.717, 1.165) is 11.5 Å². The number of pyridine rings is 1. The summed E-state index contributed by atoms with van der Waals surface area (Å²) < 4.78 is 29.7. The van der Waals surface area contributed by atoms with Crippen LogP contribution >= 0.6 is 11.6 Å². The number of amides is 1. The van der Waals surface area contributed by atoms with Crippen LogP contribution in [0.25, 0.3) is 5.65 Å². The molecular weight excluding hydrogens is 438 g/mol. The van der Waals surface area contributed by atoms with Crippen molar-refractivity contribution < 1.29 is 13.2 Å². The maximum atomic E-state index is 12.7. The van der Waals surface area contributed by atoms with Crippen molar-refractivity contribution in [2.24, 2.45) is 0 Å². The van der Waals surface area contributed by atoms with Gasteiger partial charge in [0.2, 0.25) is 0 Å². The first kappa shape index (κ1) is 20.8. The van der Waals surface area contributed by atoms with Gasteiger partial charge in [0.25, 0.3) is 15.9 Å². The number of hydrogen-bond acceptors (Lipinski definition) is 5. The lowest BCUT2D eigenvalue weighted by Crippen LogP contribution is -2.26. The normalized spacial score (nSPS) is 11.4. The zero-order chi connectivity index (χ0) is 21.8. The largest absolute Gasteiger partial charge is 0.352 e. The molecule has 8 nitrogen and oxygen atoms in total. The minimum atomic E-state index is -3.88. The quantitative estimate of drug-likeness (QED) is 0.445. The highest BCUT2D eigenvalue weighted by molar-refractivity contribution is 7.92. The van der Waals surface area contributed by atoms with Gasteiger partial charge in [-0.15, -0.1) is 10.2 Å². The number of benzene rings is 2. The molecule has 0 bridgehead atoms. The number of nitrogens with one attached hydrogen (secondary N) is 2. The second-order valence-corrected chi connectivity index (χ2v) is 8.81. The van der Waals surface area contributed by atoms with E-state index in [1.807, 2.05) is 28.8 Å². The summed E-state index contributed by atoms with van der Waals surface area (Å²) in [6.07, 6.45) is 2.33. The Balaban J connectivity index is 1.43. The lowest BCUT2D eigenvalue weighted by atomic mass is 10.2. The van der Waals surface area contributed by atoms with Crippen molar-refractivity contribution in [3.8, 4) is 0 Å². The first-order valence-corrected chi connectivity index (χ1v) is 11.2. The van der Waals surface area contributed by atoms with E-state index < -0.39 is 10.0 Å². The number of anilines is 1. The number of hydrogen-bond donors (Lipinski definition) is 2. The van der Waals surface area contributed by atoms with E-state index in [4.69, 9.17) is 11.6 Å². The third kappa shape index (κ3) is 4.84. The molecule has 0 fully saturated rings. The molecule has 0 radical (unpaired) electrons. The highest BCUT2D eigenvalue weighted by Gasteiger charge is 2.17. The predicted molar refractivity (Wildman–Crippen MR) is 118 cm³/mol. The summed E-state index contributed by atoms with van der Waals surface area (Å²) in [5, 5.41) is 11.4. The number of fused-ring (bicyclic) bond motifs is 1. The summed E-state index contributed by atoms with van der Waals surface area (Å²) in [7, 11) is -3.88. The van der Waals surface area contributed by atoms with Gasteiger partial charge in [0.05, 0.1) is 10.6 Å². The highest BCUT2D eigenvalue weighted by Crippen LogP contribution is 2.20. The predicted octanol–water partition coefficient (Wildman–Crippen LogP) is 3.16. The fraction of sp³-hybridized carbons (Fsp3) is 0.0952. The Morgan fingerprint density at radius 1 is 1.00 bits per heavy atom. The first-order valence-electron chi connectivity index (χ1n) is 9.38. The molecule has 2 aromatic carbocycles. The molecule has 0 aliphatic rings. The molecule has 0 aliphatic heterocycles. The third-order valence-electron chi connectivity index (χ3n) is 4.50. The maximum Gasteiger partial charge on any atom is 0.261 e. The Morgan fingerprint density at radius 3 is 2.68 bits per heavy atom. The molecule has 2 heterocycles. The molecule has 0 unspecified atom stereocenters. The fourth-order valence-electron chi connectivity index (χ4n) is 3.02. The van der Waals surface area contributed by atoms with Crippen molar-refractivity contribution in [1.82, 2.24) is 19.9 Å². The Bertz CT molecular complexity index is 1350. The van der Waals surface area contributed by atoms with Crippen LogP contribution in [0.1, 0.15) is 16.2 Å². The van der Waals surface area contributed by atoms with E-state index in [0.29, 0.717) is 23.7 Å². The first-order chi connectivity index (χ1) is 14.9. The van der Waals surface area contributed by atoms with Crippen LogP contribution in [0, 0.1) is 0 Å². The van der Waals surface area contributed by atoms with Crippen LogP contribution in [0.15, 0.2) is 77.8 Å². The molecule has 0 atom stereocenters. The molecule has 0 saturated heterocycles. The Labute approximate surface area is 183 Å². The smallest absolute Gasteiger partial charge is 0.261 e. The highest BCUT2D eigenvalue weighted by atomic mass is 35.5.